The minimum absolute atomic E-state index is 0.101. The fraction of sp³-hybridized carbons (Fsp3) is 0.684. The van der Waals surface area contributed by atoms with Gasteiger partial charge in [0.05, 0.1) is 32.7 Å². The lowest BCUT2D eigenvalue weighted by molar-refractivity contribution is -0.159. The molecule has 5 N–H and O–H groups in total. The molecule has 0 fully saturated rings. The Morgan fingerprint density at radius 3 is 1.41 bits per heavy atom. The van der Waals surface area contributed by atoms with E-state index < -0.39 is 64.3 Å². The monoisotopic (exact) mass is 764 g/mol. The standard InChI is InChI=1S/C38H64N6O10/c1-35(2,3)51-31(47)23-42(17-18-43(21-29(39)45)24-32(48)52-36(4,5)6)20-28(44(22-30(40)46)25-33(49)53-37(7,8)9)19-26-13-15-27(16-14-26)41-34(50)54-38(10,11)12/h13-16,28H,17-25H2,1-12H3,(H2,39,45)(H2,40,46)(H,41,50). The molecule has 0 bridgehead atoms. The average molecular weight is 765 g/mol. The van der Waals surface area contributed by atoms with Gasteiger partial charge < -0.3 is 30.4 Å². The van der Waals surface area contributed by atoms with E-state index in [1.165, 1.54) is 4.90 Å². The molecule has 0 aliphatic heterocycles. The fourth-order valence-corrected chi connectivity index (χ4v) is 5.14. The molecule has 0 aliphatic rings. The molecule has 0 spiro atoms. The van der Waals surface area contributed by atoms with E-state index in [-0.39, 0.29) is 58.8 Å². The molecule has 0 aromatic heterocycles. The van der Waals surface area contributed by atoms with Gasteiger partial charge in [-0.2, -0.15) is 0 Å². The fourth-order valence-electron chi connectivity index (χ4n) is 5.14. The van der Waals surface area contributed by atoms with E-state index in [9.17, 15) is 28.8 Å². The number of nitrogens with one attached hydrogen (secondary N) is 1. The van der Waals surface area contributed by atoms with Crippen LogP contribution in [0.25, 0.3) is 0 Å². The van der Waals surface area contributed by atoms with Crippen LogP contribution in [-0.4, -0.2) is 131 Å². The van der Waals surface area contributed by atoms with Crippen LogP contribution in [0.3, 0.4) is 0 Å². The zero-order valence-electron chi connectivity index (χ0n) is 34.3. The predicted molar refractivity (Wildman–Crippen MR) is 204 cm³/mol. The van der Waals surface area contributed by atoms with Crippen molar-refractivity contribution in [2.75, 3.05) is 57.7 Å². The molecule has 0 saturated carbocycles. The molecular weight excluding hydrogens is 700 g/mol. The highest BCUT2D eigenvalue weighted by Crippen LogP contribution is 2.18. The molecule has 16 nitrogen and oxygen atoms in total. The highest BCUT2D eigenvalue weighted by Gasteiger charge is 2.30. The number of hydrogen-bond donors (Lipinski definition) is 3. The quantitative estimate of drug-likeness (QED) is 0.137. The highest BCUT2D eigenvalue weighted by molar-refractivity contribution is 5.85. The van der Waals surface area contributed by atoms with Crippen molar-refractivity contribution in [2.24, 2.45) is 11.5 Å². The van der Waals surface area contributed by atoms with Crippen molar-refractivity contribution in [3.8, 4) is 0 Å². The van der Waals surface area contributed by atoms with E-state index in [0.29, 0.717) is 5.69 Å². The molecule has 3 amide bonds. The number of nitrogens with zero attached hydrogens (tertiary/aromatic N) is 3. The summed E-state index contributed by atoms with van der Waals surface area (Å²) in [7, 11) is 0. The summed E-state index contributed by atoms with van der Waals surface area (Å²) >= 11 is 0. The van der Waals surface area contributed by atoms with Gasteiger partial charge in [0, 0.05) is 31.4 Å². The van der Waals surface area contributed by atoms with E-state index in [1.807, 2.05) is 0 Å². The molecule has 1 rings (SSSR count). The largest absolute Gasteiger partial charge is 0.459 e. The normalized spacial score (nSPS) is 13.0. The third-order valence-electron chi connectivity index (χ3n) is 6.82. The van der Waals surface area contributed by atoms with E-state index >= 15 is 0 Å². The van der Waals surface area contributed by atoms with Crippen molar-refractivity contribution >= 4 is 41.5 Å². The topological polar surface area (TPSA) is 213 Å². The maximum Gasteiger partial charge on any atom is 0.412 e. The Labute approximate surface area is 320 Å². The maximum atomic E-state index is 13.2. The predicted octanol–water partition coefficient (Wildman–Crippen LogP) is 2.85. The van der Waals surface area contributed by atoms with Crippen LogP contribution < -0.4 is 16.8 Å². The first-order valence-corrected chi connectivity index (χ1v) is 18.0. The van der Waals surface area contributed by atoms with Crippen molar-refractivity contribution in [1.82, 2.24) is 14.7 Å². The molecule has 1 unspecified atom stereocenters. The number of esters is 3. The van der Waals surface area contributed by atoms with Gasteiger partial charge in [-0.3, -0.25) is 44.0 Å². The molecule has 1 aromatic rings. The zero-order chi connectivity index (χ0) is 41.7. The number of benzene rings is 1. The van der Waals surface area contributed by atoms with Crippen LogP contribution in [-0.2, 0) is 49.3 Å². The molecule has 0 heterocycles. The van der Waals surface area contributed by atoms with Crippen molar-refractivity contribution in [1.29, 1.82) is 0 Å². The van der Waals surface area contributed by atoms with Gasteiger partial charge in [-0.05, 0) is 107 Å². The van der Waals surface area contributed by atoms with Crippen LogP contribution in [0.5, 0.6) is 0 Å². The Kier molecular flexibility index (Phi) is 18.0. The molecule has 16 heteroatoms. The number of carbonyl (C=O) groups excluding carboxylic acids is 6. The van der Waals surface area contributed by atoms with Gasteiger partial charge in [0.25, 0.3) is 0 Å². The summed E-state index contributed by atoms with van der Waals surface area (Å²) in [4.78, 5) is 80.7. The lowest BCUT2D eigenvalue weighted by Gasteiger charge is -2.36. The maximum absolute atomic E-state index is 13.2. The van der Waals surface area contributed by atoms with Gasteiger partial charge in [0.2, 0.25) is 11.8 Å². The van der Waals surface area contributed by atoms with Crippen molar-refractivity contribution in [3.05, 3.63) is 29.8 Å². The second-order valence-electron chi connectivity index (χ2n) is 17.2. The Bertz CT molecular complexity index is 1420. The van der Waals surface area contributed by atoms with Crippen molar-refractivity contribution < 1.29 is 47.7 Å². The lowest BCUT2D eigenvalue weighted by Crippen LogP contribution is -2.53. The Hall–Kier alpha value is -4.28. The third-order valence-corrected chi connectivity index (χ3v) is 6.82. The summed E-state index contributed by atoms with van der Waals surface area (Å²) in [6.07, 6.45) is -0.357. The van der Waals surface area contributed by atoms with E-state index in [4.69, 9.17) is 30.4 Å². The van der Waals surface area contributed by atoms with Crippen LogP contribution in [0.1, 0.15) is 88.6 Å². The lowest BCUT2D eigenvalue weighted by atomic mass is 10.0. The van der Waals surface area contributed by atoms with Crippen LogP contribution in [0.2, 0.25) is 0 Å². The third kappa shape index (κ3) is 23.4. The second-order valence-corrected chi connectivity index (χ2v) is 17.2. The summed E-state index contributed by atoms with van der Waals surface area (Å²) in [6, 6.07) is 6.33. The number of ether oxygens (including phenoxy) is 4. The van der Waals surface area contributed by atoms with Crippen LogP contribution in [0, 0.1) is 0 Å². The van der Waals surface area contributed by atoms with Gasteiger partial charge in [-0.1, -0.05) is 12.1 Å². The first kappa shape index (κ1) is 47.7. The van der Waals surface area contributed by atoms with Crippen LogP contribution in [0.15, 0.2) is 24.3 Å². The SMILES string of the molecule is CC(C)(C)OC(=O)CN(CCN(CC(=O)OC(C)(C)C)CC(Cc1ccc(NC(=O)OC(C)(C)C)cc1)N(CC(N)=O)CC(=O)OC(C)(C)C)CC(N)=O. The smallest absolute Gasteiger partial charge is 0.412 e. The van der Waals surface area contributed by atoms with Crippen molar-refractivity contribution in [2.45, 2.75) is 118 Å². The summed E-state index contributed by atoms with van der Waals surface area (Å²) in [6.45, 7) is 19.9. The Morgan fingerprint density at radius 2 is 0.981 bits per heavy atom. The summed E-state index contributed by atoms with van der Waals surface area (Å²) in [5, 5.41) is 2.69. The number of anilines is 1. The number of rotatable bonds is 19. The first-order chi connectivity index (χ1) is 24.5. The van der Waals surface area contributed by atoms with Gasteiger partial charge in [0.1, 0.15) is 22.4 Å². The molecule has 54 heavy (non-hydrogen) atoms. The van der Waals surface area contributed by atoms with Crippen LogP contribution in [0.4, 0.5) is 10.5 Å². The van der Waals surface area contributed by atoms with Crippen molar-refractivity contribution in [3.63, 3.8) is 0 Å². The highest BCUT2D eigenvalue weighted by atomic mass is 16.6. The van der Waals surface area contributed by atoms with Gasteiger partial charge in [-0.15, -0.1) is 0 Å². The number of amides is 3. The summed E-state index contributed by atoms with van der Waals surface area (Å²) < 4.78 is 22.0. The van der Waals surface area contributed by atoms with Crippen LogP contribution >= 0.6 is 0 Å². The number of nitrogens with two attached hydrogens (primary N) is 2. The summed E-state index contributed by atoms with van der Waals surface area (Å²) in [5.41, 5.74) is 9.42. The molecule has 0 aliphatic carbocycles. The van der Waals surface area contributed by atoms with E-state index in [2.05, 4.69) is 5.32 Å². The molecular formula is C38H64N6O10. The molecule has 1 aromatic carbocycles. The first-order valence-electron chi connectivity index (χ1n) is 18.0. The molecule has 306 valence electrons. The minimum atomic E-state index is -0.803. The Balaban J connectivity index is 3.58. The molecule has 1 atom stereocenters. The van der Waals surface area contributed by atoms with E-state index in [1.54, 1.807) is 117 Å². The number of carbonyl (C=O) groups is 6. The zero-order valence-corrected chi connectivity index (χ0v) is 34.3. The number of primary amides is 2. The van der Waals surface area contributed by atoms with Gasteiger partial charge in [-0.25, -0.2) is 4.79 Å². The van der Waals surface area contributed by atoms with Gasteiger partial charge in [0.15, 0.2) is 0 Å². The molecule has 0 saturated heterocycles. The van der Waals surface area contributed by atoms with E-state index in [0.717, 1.165) is 5.56 Å². The molecule has 0 radical (unpaired) electrons. The second kappa shape index (κ2) is 20.4. The van der Waals surface area contributed by atoms with Gasteiger partial charge >= 0.3 is 24.0 Å². The average Bonchev–Trinajstić information content (AvgIpc) is 2.91. The summed E-state index contributed by atoms with van der Waals surface area (Å²) in [5.74, 6) is -3.04. The number of hydrogen-bond acceptors (Lipinski definition) is 13. The Morgan fingerprint density at radius 1 is 0.574 bits per heavy atom. The minimum Gasteiger partial charge on any atom is -0.459 e.